The smallest absolute Gasteiger partial charge is 0.409 e. The minimum Gasteiger partial charge on any atom is -0.505 e. The Morgan fingerprint density at radius 3 is 2.43 bits per heavy atom. The lowest BCUT2D eigenvalue weighted by Crippen LogP contribution is -2.35. The molecule has 0 fully saturated rings. The summed E-state index contributed by atoms with van der Waals surface area (Å²) in [5.74, 6) is -2.69. The molecule has 2 aromatic carbocycles. The number of benzene rings is 2. The van der Waals surface area contributed by atoms with Crippen LogP contribution in [-0.2, 0) is 24.3 Å². The molecule has 0 aliphatic rings. The molecule has 0 bridgehead atoms. The number of aromatic hydroxyl groups is 1. The molecule has 190 valence electrons. The highest BCUT2D eigenvalue weighted by molar-refractivity contribution is 5.97. The predicted molar refractivity (Wildman–Crippen MR) is 133 cm³/mol. The number of fused-ring (bicyclic) bond motifs is 1. The lowest BCUT2D eigenvalue weighted by Gasteiger charge is -2.19. The fraction of sp³-hybridized carbons (Fsp3) is 0.185. The van der Waals surface area contributed by atoms with Crippen molar-refractivity contribution in [2.45, 2.75) is 19.6 Å². The van der Waals surface area contributed by atoms with E-state index < -0.39 is 28.9 Å². The summed E-state index contributed by atoms with van der Waals surface area (Å²) in [5.41, 5.74) is 0.683. The van der Waals surface area contributed by atoms with Crippen molar-refractivity contribution in [3.63, 3.8) is 0 Å². The number of rotatable bonds is 8. The molecule has 0 atom stereocenters. The molecule has 2 heterocycles. The monoisotopic (exact) mass is 505 g/mol. The van der Waals surface area contributed by atoms with Crippen LogP contribution in [0.5, 0.6) is 5.75 Å². The molecule has 10 heteroatoms. The highest BCUT2D eigenvalue weighted by Crippen LogP contribution is 2.26. The van der Waals surface area contributed by atoms with Crippen molar-refractivity contribution in [1.82, 2.24) is 14.5 Å². The number of likely N-dealkylation sites (N-methyl/N-ethyl adjacent to an activating group) is 1. The minimum absolute atomic E-state index is 0.0225. The third-order valence-corrected chi connectivity index (χ3v) is 5.85. The first-order valence-electron chi connectivity index (χ1n) is 11.4. The molecule has 9 nitrogen and oxygen atoms in total. The third-order valence-electron chi connectivity index (χ3n) is 5.85. The Kier molecular flexibility index (Phi) is 7.47. The van der Waals surface area contributed by atoms with Gasteiger partial charge in [0.25, 0.3) is 5.56 Å². The maximum atomic E-state index is 13.3. The highest BCUT2D eigenvalue weighted by Gasteiger charge is 2.23. The van der Waals surface area contributed by atoms with Crippen molar-refractivity contribution < 1.29 is 28.9 Å². The third kappa shape index (κ3) is 5.75. The molecule has 0 aliphatic heterocycles. The van der Waals surface area contributed by atoms with Gasteiger partial charge in [-0.1, -0.05) is 42.5 Å². The molecule has 4 rings (SSSR count). The number of nitrogens with zero attached hydrogens (tertiary/aromatic N) is 3. The Labute approximate surface area is 211 Å². The Morgan fingerprint density at radius 2 is 1.76 bits per heavy atom. The maximum absolute atomic E-state index is 13.3. The van der Waals surface area contributed by atoms with Crippen LogP contribution in [0.3, 0.4) is 0 Å². The molecular formula is C27H24FN3O6. The number of pyridine rings is 2. The second-order valence-corrected chi connectivity index (χ2v) is 8.46. The zero-order chi connectivity index (χ0) is 26.5. The van der Waals surface area contributed by atoms with Gasteiger partial charge in [-0.15, -0.1) is 0 Å². The van der Waals surface area contributed by atoms with Crippen molar-refractivity contribution in [3.8, 4) is 5.75 Å². The van der Waals surface area contributed by atoms with Crippen molar-refractivity contribution >= 4 is 23.1 Å². The number of halogens is 1. The minimum atomic E-state index is -1.59. The number of aromatic carboxylic acids is 1. The van der Waals surface area contributed by atoms with Crippen LogP contribution in [0.15, 0.2) is 71.7 Å². The topological polar surface area (TPSA) is 122 Å². The molecule has 0 spiro atoms. The molecule has 2 aromatic heterocycles. The Hall–Kier alpha value is -4.73. The Morgan fingerprint density at radius 1 is 1.05 bits per heavy atom. The van der Waals surface area contributed by atoms with Crippen LogP contribution < -0.4 is 5.56 Å². The van der Waals surface area contributed by atoms with E-state index >= 15 is 0 Å². The number of amides is 1. The van der Waals surface area contributed by atoms with Gasteiger partial charge in [0.2, 0.25) is 0 Å². The van der Waals surface area contributed by atoms with Gasteiger partial charge in [0, 0.05) is 26.3 Å². The van der Waals surface area contributed by atoms with Crippen molar-refractivity contribution in [2.24, 2.45) is 0 Å². The lowest BCUT2D eigenvalue weighted by molar-refractivity contribution is 0.0690. The molecule has 0 saturated carbocycles. The largest absolute Gasteiger partial charge is 0.505 e. The quantitative estimate of drug-likeness (QED) is 0.374. The summed E-state index contributed by atoms with van der Waals surface area (Å²) < 4.78 is 19.7. The number of ether oxygens (including phenoxy) is 1. The molecular weight excluding hydrogens is 481 g/mol. The second kappa shape index (κ2) is 10.9. The second-order valence-electron chi connectivity index (χ2n) is 8.46. The van der Waals surface area contributed by atoms with Gasteiger partial charge in [-0.3, -0.25) is 9.78 Å². The first kappa shape index (κ1) is 25.4. The molecule has 0 radical (unpaired) electrons. The number of hydrogen-bond acceptors (Lipinski definition) is 6. The van der Waals surface area contributed by atoms with Crippen molar-refractivity contribution in [1.29, 1.82) is 0 Å². The van der Waals surface area contributed by atoms with E-state index in [4.69, 9.17) is 4.74 Å². The number of aromatic nitrogens is 2. The van der Waals surface area contributed by atoms with Crippen LogP contribution in [0, 0.1) is 5.82 Å². The summed E-state index contributed by atoms with van der Waals surface area (Å²) in [7, 11) is 1.50. The van der Waals surface area contributed by atoms with E-state index in [2.05, 4.69) is 4.98 Å². The molecule has 2 N–H and O–H groups in total. The van der Waals surface area contributed by atoms with Crippen molar-refractivity contribution in [2.75, 3.05) is 13.6 Å². The summed E-state index contributed by atoms with van der Waals surface area (Å²) >= 11 is 0. The van der Waals surface area contributed by atoms with Crippen LogP contribution in [0.4, 0.5) is 9.18 Å². The first-order chi connectivity index (χ1) is 17.7. The average Bonchev–Trinajstić information content (AvgIpc) is 2.88. The average molecular weight is 506 g/mol. The highest BCUT2D eigenvalue weighted by atomic mass is 19.1. The summed E-state index contributed by atoms with van der Waals surface area (Å²) in [6, 6.07) is 16.7. The molecule has 0 saturated heterocycles. The van der Waals surface area contributed by atoms with Crippen LogP contribution in [0.2, 0.25) is 0 Å². The van der Waals surface area contributed by atoms with Gasteiger partial charge in [0.05, 0.1) is 5.52 Å². The zero-order valence-electron chi connectivity index (χ0n) is 19.9. The predicted octanol–water partition coefficient (Wildman–Crippen LogP) is 3.80. The van der Waals surface area contributed by atoms with E-state index in [1.54, 1.807) is 18.2 Å². The van der Waals surface area contributed by atoms with Crippen LogP contribution in [0.1, 0.15) is 27.0 Å². The van der Waals surface area contributed by atoms with Gasteiger partial charge in [0.15, 0.2) is 11.3 Å². The number of carboxylic acid groups (broad SMARTS) is 1. The molecule has 0 unspecified atom stereocenters. The Balaban J connectivity index is 1.61. The van der Waals surface area contributed by atoms with Gasteiger partial charge in [0.1, 0.15) is 17.9 Å². The first-order valence-corrected chi connectivity index (χ1v) is 11.4. The van der Waals surface area contributed by atoms with Gasteiger partial charge in [-0.25, -0.2) is 14.0 Å². The van der Waals surface area contributed by atoms with E-state index in [9.17, 15) is 29.0 Å². The Bertz CT molecular complexity index is 1500. The van der Waals surface area contributed by atoms with Crippen LogP contribution >= 0.6 is 0 Å². The number of carbonyl (C=O) groups excluding carboxylic acids is 1. The van der Waals surface area contributed by atoms with Gasteiger partial charge >= 0.3 is 12.1 Å². The summed E-state index contributed by atoms with van der Waals surface area (Å²) in [4.78, 5) is 42.7. The van der Waals surface area contributed by atoms with E-state index in [0.29, 0.717) is 12.0 Å². The summed E-state index contributed by atoms with van der Waals surface area (Å²) in [6.45, 7) is 0.0229. The number of hydrogen-bond donors (Lipinski definition) is 2. The van der Waals surface area contributed by atoms with Gasteiger partial charge in [-0.2, -0.15) is 0 Å². The van der Waals surface area contributed by atoms with E-state index in [1.807, 2.05) is 30.3 Å². The van der Waals surface area contributed by atoms with Crippen LogP contribution in [-0.4, -0.2) is 50.3 Å². The molecule has 4 aromatic rings. The summed E-state index contributed by atoms with van der Waals surface area (Å²) in [6.07, 6.45) is 1.21. The van der Waals surface area contributed by atoms with E-state index in [1.165, 1.54) is 34.8 Å². The van der Waals surface area contributed by atoms with Gasteiger partial charge < -0.3 is 24.4 Å². The molecule has 0 aliphatic carbocycles. The SMILES string of the molecule is CN(CCn1c(=O)c(C(=O)O)c(O)c2ncc(Cc3ccc(F)cc3)cc21)C(=O)OCc1ccccc1. The normalized spacial score (nSPS) is 10.9. The van der Waals surface area contributed by atoms with Crippen molar-refractivity contribution in [3.05, 3.63) is 105 Å². The number of carbonyl (C=O) groups is 2. The van der Waals surface area contributed by atoms with Gasteiger partial charge in [-0.05, 0) is 41.3 Å². The fourth-order valence-electron chi connectivity index (χ4n) is 3.87. The molecule has 1 amide bonds. The standard InChI is InChI=1S/C27H24FN3O6/c1-30(27(36)37-16-18-5-3-2-4-6-18)11-12-31-21-14-19(13-17-7-9-20(28)10-8-17)15-29-23(21)24(32)22(25(31)33)26(34)35/h2-10,14-15,32H,11-13,16H2,1H3,(H,34,35). The van der Waals surface area contributed by atoms with E-state index in [-0.39, 0.29) is 36.5 Å². The lowest BCUT2D eigenvalue weighted by atomic mass is 10.1. The zero-order valence-corrected chi connectivity index (χ0v) is 19.9. The maximum Gasteiger partial charge on any atom is 0.409 e. The number of carboxylic acids is 1. The fourth-order valence-corrected chi connectivity index (χ4v) is 3.87. The summed E-state index contributed by atoms with van der Waals surface area (Å²) in [5, 5.41) is 20.0. The van der Waals surface area contributed by atoms with E-state index in [0.717, 1.165) is 11.1 Å². The van der Waals surface area contributed by atoms with Crippen LogP contribution in [0.25, 0.3) is 11.0 Å². The molecule has 37 heavy (non-hydrogen) atoms.